The van der Waals surface area contributed by atoms with Gasteiger partial charge in [0.15, 0.2) is 0 Å². The van der Waals surface area contributed by atoms with E-state index in [0.717, 1.165) is 6.42 Å². The molecule has 0 rings (SSSR count). The van der Waals surface area contributed by atoms with Crippen LogP contribution < -0.4 is 5.73 Å². The number of primary amides is 1. The number of carbonyl (C=O) groups excluding carboxylic acids is 2. The Balaban J connectivity index is 0. The van der Waals surface area contributed by atoms with E-state index in [-0.39, 0.29) is 0 Å². The van der Waals surface area contributed by atoms with E-state index >= 15 is 0 Å². The largest absolute Gasteiger partial charge is 0.368 e. The molecular formula is C10H17NO4. The smallest absolute Gasteiger partial charge is 0.366 e. The van der Waals surface area contributed by atoms with Crippen LogP contribution in [-0.2, 0) is 14.5 Å². The molecule has 0 heterocycles. The first-order chi connectivity index (χ1) is 6.86. The van der Waals surface area contributed by atoms with Gasteiger partial charge in [-0.3, -0.25) is 9.68 Å². The fraction of sp³-hybridized carbons (Fsp3) is 0.400. The number of nitrogens with two attached hydrogens (primary N) is 1. The lowest BCUT2D eigenvalue weighted by molar-refractivity contribution is -0.229. The molecule has 86 valence electrons. The van der Waals surface area contributed by atoms with E-state index in [1.165, 1.54) is 0 Å². The van der Waals surface area contributed by atoms with E-state index in [9.17, 15) is 9.59 Å². The van der Waals surface area contributed by atoms with Crippen LogP contribution in [0, 0.1) is 0 Å². The van der Waals surface area contributed by atoms with Crippen LogP contribution in [-0.4, -0.2) is 17.1 Å². The molecule has 0 spiro atoms. The highest BCUT2D eigenvalue weighted by Gasteiger charge is 2.01. The van der Waals surface area contributed by atoms with Gasteiger partial charge in [-0.25, -0.2) is 4.79 Å². The van der Waals surface area contributed by atoms with Crippen LogP contribution in [0.2, 0.25) is 0 Å². The Morgan fingerprint density at radius 2 is 1.87 bits per heavy atom. The molecule has 0 aliphatic heterocycles. The van der Waals surface area contributed by atoms with Crippen molar-refractivity contribution >= 4 is 11.9 Å². The molecule has 5 heteroatoms. The maximum absolute atomic E-state index is 10.4. The first-order valence-electron chi connectivity index (χ1n) is 4.34. The van der Waals surface area contributed by atoms with Gasteiger partial charge in [0.25, 0.3) is 0 Å². The molecule has 15 heavy (non-hydrogen) atoms. The number of carbonyl (C=O) groups is 2. The molecule has 0 radical (unpaired) electrons. The first kappa shape index (κ1) is 15.8. The number of hydrogen-bond acceptors (Lipinski definition) is 4. The Morgan fingerprint density at radius 1 is 1.47 bits per heavy atom. The summed E-state index contributed by atoms with van der Waals surface area (Å²) in [5, 5.41) is 7.84. The number of amides is 1. The maximum Gasteiger partial charge on any atom is 0.368 e. The van der Waals surface area contributed by atoms with Crippen molar-refractivity contribution in [2.75, 3.05) is 0 Å². The second kappa shape index (κ2) is 8.96. The highest BCUT2D eigenvalue weighted by atomic mass is 17.1. The Bertz CT molecular complexity index is 257. The van der Waals surface area contributed by atoms with E-state index < -0.39 is 11.9 Å². The van der Waals surface area contributed by atoms with E-state index in [2.05, 4.69) is 11.5 Å². The van der Waals surface area contributed by atoms with Gasteiger partial charge in [-0.2, -0.15) is 5.26 Å². The van der Waals surface area contributed by atoms with Crippen LogP contribution in [0.4, 0.5) is 0 Å². The molecule has 0 fully saturated rings. The third-order valence-corrected chi connectivity index (χ3v) is 1.34. The lowest BCUT2D eigenvalue weighted by Gasteiger charge is -1.92. The minimum Gasteiger partial charge on any atom is -0.366 e. The van der Waals surface area contributed by atoms with Crippen LogP contribution in [0.15, 0.2) is 23.8 Å². The fourth-order valence-electron chi connectivity index (χ4n) is 0.462. The summed E-state index contributed by atoms with van der Waals surface area (Å²) in [7, 11) is 0. The van der Waals surface area contributed by atoms with Gasteiger partial charge in [0, 0.05) is 11.1 Å². The molecule has 0 bridgehead atoms. The van der Waals surface area contributed by atoms with Crippen molar-refractivity contribution in [3.8, 4) is 0 Å². The molecule has 0 atom stereocenters. The van der Waals surface area contributed by atoms with Crippen molar-refractivity contribution < 1.29 is 19.7 Å². The average Bonchev–Trinajstić information content (AvgIpc) is 2.17. The van der Waals surface area contributed by atoms with Gasteiger partial charge in [0.2, 0.25) is 5.91 Å². The maximum atomic E-state index is 10.4. The fourth-order valence-corrected chi connectivity index (χ4v) is 0.462. The lowest BCUT2D eigenvalue weighted by Crippen LogP contribution is -2.10. The first-order valence-corrected chi connectivity index (χ1v) is 4.34. The van der Waals surface area contributed by atoms with Gasteiger partial charge in [-0.05, 0) is 20.3 Å². The number of rotatable bonds is 3. The number of hydrogen-bond donors (Lipinski definition) is 2. The average molecular weight is 215 g/mol. The van der Waals surface area contributed by atoms with Crippen LogP contribution in [0.25, 0.3) is 0 Å². The second-order valence-corrected chi connectivity index (χ2v) is 2.82. The zero-order valence-corrected chi connectivity index (χ0v) is 9.24. The standard InChI is InChI=1S/C6H10O3.C4H7NO/c1-3-4-5(2)6(7)9-8;1-3(2)4(5)6/h4,8H,3H2,1-2H3;1H2,2H3,(H2,5,6). The highest BCUT2D eigenvalue weighted by Crippen LogP contribution is 1.95. The monoisotopic (exact) mass is 215 g/mol. The number of allylic oxidation sites excluding steroid dienone is 1. The van der Waals surface area contributed by atoms with E-state index in [4.69, 9.17) is 11.0 Å². The summed E-state index contributed by atoms with van der Waals surface area (Å²) in [4.78, 5) is 23.6. The molecule has 0 aliphatic rings. The summed E-state index contributed by atoms with van der Waals surface area (Å²) in [6, 6.07) is 0. The minimum absolute atomic E-state index is 0.398. The summed E-state index contributed by atoms with van der Waals surface area (Å²) < 4.78 is 0. The van der Waals surface area contributed by atoms with Crippen LogP contribution in [0.3, 0.4) is 0 Å². The van der Waals surface area contributed by atoms with Gasteiger partial charge in [0.1, 0.15) is 0 Å². The summed E-state index contributed by atoms with van der Waals surface area (Å²) in [5.74, 6) is -1.12. The molecule has 0 aromatic carbocycles. The Labute approximate surface area is 89.2 Å². The zero-order chi connectivity index (χ0) is 12.4. The van der Waals surface area contributed by atoms with Crippen molar-refractivity contribution in [3.63, 3.8) is 0 Å². The molecule has 0 unspecified atom stereocenters. The van der Waals surface area contributed by atoms with E-state index in [1.807, 2.05) is 6.92 Å². The summed E-state index contributed by atoms with van der Waals surface area (Å²) >= 11 is 0. The molecule has 0 aliphatic carbocycles. The van der Waals surface area contributed by atoms with Crippen LogP contribution in [0.1, 0.15) is 27.2 Å². The van der Waals surface area contributed by atoms with Crippen molar-refractivity contribution in [2.24, 2.45) is 5.73 Å². The summed E-state index contributed by atoms with van der Waals surface area (Å²) in [6.07, 6.45) is 2.44. The third kappa shape index (κ3) is 10.3. The summed E-state index contributed by atoms with van der Waals surface area (Å²) in [6.45, 7) is 8.33. The van der Waals surface area contributed by atoms with Crippen LogP contribution >= 0.6 is 0 Å². The normalized spacial score (nSPS) is 9.73. The molecular weight excluding hydrogens is 198 g/mol. The Hall–Kier alpha value is -1.62. The zero-order valence-electron chi connectivity index (χ0n) is 9.24. The molecule has 1 amide bonds. The predicted octanol–water partition coefficient (Wildman–Crippen LogP) is 1.41. The molecule has 0 saturated heterocycles. The molecule has 3 N–H and O–H groups in total. The third-order valence-electron chi connectivity index (χ3n) is 1.34. The Morgan fingerprint density at radius 3 is 2.07 bits per heavy atom. The second-order valence-electron chi connectivity index (χ2n) is 2.82. The Kier molecular flexibility index (Phi) is 9.45. The van der Waals surface area contributed by atoms with Crippen molar-refractivity contribution in [1.82, 2.24) is 0 Å². The van der Waals surface area contributed by atoms with Gasteiger partial charge in [-0.1, -0.05) is 19.6 Å². The van der Waals surface area contributed by atoms with Crippen molar-refractivity contribution in [2.45, 2.75) is 27.2 Å². The molecule has 5 nitrogen and oxygen atoms in total. The lowest BCUT2D eigenvalue weighted by atomic mass is 10.2. The minimum atomic E-state index is -0.683. The highest BCUT2D eigenvalue weighted by molar-refractivity contribution is 5.90. The van der Waals surface area contributed by atoms with Gasteiger partial charge < -0.3 is 5.73 Å². The SMILES string of the molecule is C=C(C)C(N)=O.CCC=C(C)C(=O)OO. The van der Waals surface area contributed by atoms with Crippen molar-refractivity contribution in [1.29, 1.82) is 0 Å². The predicted molar refractivity (Wildman–Crippen MR) is 56.8 cm³/mol. The van der Waals surface area contributed by atoms with Gasteiger partial charge in [-0.15, -0.1) is 0 Å². The molecule has 0 aromatic rings. The van der Waals surface area contributed by atoms with Crippen molar-refractivity contribution in [3.05, 3.63) is 23.8 Å². The topological polar surface area (TPSA) is 89.6 Å². The van der Waals surface area contributed by atoms with Crippen LogP contribution in [0.5, 0.6) is 0 Å². The quantitative estimate of drug-likeness (QED) is 0.423. The summed E-state index contributed by atoms with van der Waals surface area (Å²) in [5.41, 5.74) is 5.53. The van der Waals surface area contributed by atoms with E-state index in [0.29, 0.717) is 11.1 Å². The molecule has 0 saturated carbocycles. The molecule has 0 aromatic heterocycles. The van der Waals surface area contributed by atoms with Gasteiger partial charge in [0.05, 0.1) is 0 Å². The van der Waals surface area contributed by atoms with E-state index in [1.54, 1.807) is 19.9 Å². The van der Waals surface area contributed by atoms with Gasteiger partial charge >= 0.3 is 5.97 Å².